The molecule has 0 saturated heterocycles. The van der Waals surface area contributed by atoms with Crippen molar-refractivity contribution in [2.75, 3.05) is 0 Å². The van der Waals surface area contributed by atoms with Crippen LogP contribution in [-0.4, -0.2) is 20.9 Å². The fourth-order valence-corrected chi connectivity index (χ4v) is 2.45. The zero-order valence-electron chi connectivity index (χ0n) is 13.0. The van der Waals surface area contributed by atoms with Gasteiger partial charge in [-0.05, 0) is 35.2 Å². The van der Waals surface area contributed by atoms with Crippen molar-refractivity contribution < 1.29 is 13.9 Å². The third-order valence-electron chi connectivity index (χ3n) is 3.45. The largest absolute Gasteiger partial charge is 0.399 e. The number of pyridine rings is 1. The molecule has 0 unspecified atom stereocenters. The SMILES string of the molecule is CC(C)c1cc(C(=O)Oc2nc(Cl)ncc2F)nc2ccccc12. The number of nitrogens with zero attached hydrogens (tertiary/aromatic N) is 3. The van der Waals surface area contributed by atoms with E-state index in [9.17, 15) is 9.18 Å². The summed E-state index contributed by atoms with van der Waals surface area (Å²) in [5.74, 6) is -2.04. The molecule has 2 heterocycles. The number of carbonyl (C=O) groups excluding carboxylic acids is 1. The summed E-state index contributed by atoms with van der Waals surface area (Å²) in [6.07, 6.45) is 0.839. The summed E-state index contributed by atoms with van der Waals surface area (Å²) >= 11 is 5.60. The maximum atomic E-state index is 13.6. The molecule has 0 radical (unpaired) electrons. The molecule has 0 saturated carbocycles. The van der Waals surface area contributed by atoms with Gasteiger partial charge in [-0.2, -0.15) is 9.37 Å². The van der Waals surface area contributed by atoms with Crippen LogP contribution in [-0.2, 0) is 0 Å². The predicted molar refractivity (Wildman–Crippen MR) is 87.8 cm³/mol. The molecule has 2 aromatic heterocycles. The summed E-state index contributed by atoms with van der Waals surface area (Å²) in [7, 11) is 0. The molecule has 0 N–H and O–H groups in total. The number of rotatable bonds is 3. The molecule has 0 aliphatic carbocycles. The molecule has 0 aliphatic heterocycles. The summed E-state index contributed by atoms with van der Waals surface area (Å²) in [4.78, 5) is 23.7. The third-order valence-corrected chi connectivity index (χ3v) is 3.63. The number of hydrogen-bond donors (Lipinski definition) is 0. The van der Waals surface area contributed by atoms with E-state index in [1.807, 2.05) is 32.0 Å². The van der Waals surface area contributed by atoms with Crippen molar-refractivity contribution in [3.8, 4) is 5.88 Å². The monoisotopic (exact) mass is 345 g/mol. The summed E-state index contributed by atoms with van der Waals surface area (Å²) in [5.41, 5.74) is 1.69. The second-order valence-corrected chi connectivity index (χ2v) is 5.79. The van der Waals surface area contributed by atoms with Gasteiger partial charge in [0.2, 0.25) is 11.1 Å². The van der Waals surface area contributed by atoms with Gasteiger partial charge >= 0.3 is 5.97 Å². The lowest BCUT2D eigenvalue weighted by Gasteiger charge is -2.12. The Balaban J connectivity index is 2.02. The van der Waals surface area contributed by atoms with Gasteiger partial charge in [0.25, 0.3) is 5.88 Å². The molecule has 0 aliphatic rings. The van der Waals surface area contributed by atoms with Crippen molar-refractivity contribution in [2.24, 2.45) is 0 Å². The van der Waals surface area contributed by atoms with E-state index in [4.69, 9.17) is 16.3 Å². The van der Waals surface area contributed by atoms with E-state index in [1.54, 1.807) is 12.1 Å². The molecule has 0 atom stereocenters. The smallest absolute Gasteiger partial charge is 0.363 e. The van der Waals surface area contributed by atoms with E-state index in [0.29, 0.717) is 5.52 Å². The number of fused-ring (bicyclic) bond motifs is 1. The lowest BCUT2D eigenvalue weighted by molar-refractivity contribution is 0.0713. The van der Waals surface area contributed by atoms with Crippen LogP contribution in [0.25, 0.3) is 10.9 Å². The first-order chi connectivity index (χ1) is 11.5. The van der Waals surface area contributed by atoms with Crippen molar-refractivity contribution in [1.82, 2.24) is 15.0 Å². The Morgan fingerprint density at radius 2 is 2.00 bits per heavy atom. The highest BCUT2D eigenvalue weighted by Gasteiger charge is 2.18. The van der Waals surface area contributed by atoms with Crippen molar-refractivity contribution >= 4 is 28.5 Å². The number of para-hydroxylation sites is 1. The maximum Gasteiger partial charge on any atom is 0.363 e. The topological polar surface area (TPSA) is 65.0 Å². The first-order valence-electron chi connectivity index (χ1n) is 7.25. The lowest BCUT2D eigenvalue weighted by atomic mass is 9.98. The molecule has 122 valence electrons. The Bertz CT molecular complexity index is 931. The average molecular weight is 346 g/mol. The summed E-state index contributed by atoms with van der Waals surface area (Å²) in [5, 5.41) is 0.744. The highest BCUT2D eigenvalue weighted by Crippen LogP contribution is 2.26. The average Bonchev–Trinajstić information content (AvgIpc) is 2.57. The van der Waals surface area contributed by atoms with Crippen LogP contribution in [0.3, 0.4) is 0 Å². The quantitative estimate of drug-likeness (QED) is 0.526. The number of carbonyl (C=O) groups is 1. The van der Waals surface area contributed by atoms with Gasteiger partial charge in [-0.3, -0.25) is 0 Å². The van der Waals surface area contributed by atoms with Gasteiger partial charge in [0.05, 0.1) is 11.7 Å². The molecule has 24 heavy (non-hydrogen) atoms. The molecule has 0 bridgehead atoms. The van der Waals surface area contributed by atoms with Gasteiger partial charge in [0, 0.05) is 5.39 Å². The zero-order chi connectivity index (χ0) is 17.3. The molecule has 5 nitrogen and oxygen atoms in total. The number of hydrogen-bond acceptors (Lipinski definition) is 5. The Morgan fingerprint density at radius 3 is 2.75 bits per heavy atom. The van der Waals surface area contributed by atoms with Crippen LogP contribution in [0.2, 0.25) is 5.28 Å². The maximum absolute atomic E-state index is 13.6. The Labute approximate surface area is 142 Å². The van der Waals surface area contributed by atoms with Gasteiger partial charge in [0.1, 0.15) is 5.69 Å². The first-order valence-corrected chi connectivity index (χ1v) is 7.63. The van der Waals surface area contributed by atoms with E-state index in [0.717, 1.165) is 17.1 Å². The molecule has 0 spiro atoms. The predicted octanol–water partition coefficient (Wildman–Crippen LogP) is 4.16. The number of aromatic nitrogens is 3. The van der Waals surface area contributed by atoms with Crippen molar-refractivity contribution in [2.45, 2.75) is 19.8 Å². The van der Waals surface area contributed by atoms with Gasteiger partial charge < -0.3 is 4.74 Å². The van der Waals surface area contributed by atoms with Crippen LogP contribution in [0, 0.1) is 5.82 Å². The molecule has 3 aromatic rings. The van der Waals surface area contributed by atoms with E-state index < -0.39 is 17.7 Å². The van der Waals surface area contributed by atoms with Crippen molar-refractivity contribution in [3.05, 3.63) is 58.9 Å². The van der Waals surface area contributed by atoms with Crippen LogP contribution in [0.4, 0.5) is 4.39 Å². The fourth-order valence-electron chi connectivity index (χ4n) is 2.33. The molecule has 3 rings (SSSR count). The molecule has 0 fully saturated rings. The van der Waals surface area contributed by atoms with Crippen molar-refractivity contribution in [3.63, 3.8) is 0 Å². The van der Waals surface area contributed by atoms with E-state index in [1.165, 1.54) is 0 Å². The van der Waals surface area contributed by atoms with Gasteiger partial charge in [-0.25, -0.2) is 14.8 Å². The molecule has 7 heteroatoms. The molecular weight excluding hydrogens is 333 g/mol. The molecule has 1 aromatic carbocycles. The lowest BCUT2D eigenvalue weighted by Crippen LogP contribution is -2.14. The molecule has 0 amide bonds. The first kappa shape index (κ1) is 16.3. The second-order valence-electron chi connectivity index (χ2n) is 5.45. The number of ether oxygens (including phenoxy) is 1. The van der Waals surface area contributed by atoms with Crippen LogP contribution >= 0.6 is 11.6 Å². The normalized spacial score (nSPS) is 11.0. The number of halogens is 2. The minimum atomic E-state index is -0.877. The standard InChI is InChI=1S/C17H13ClFN3O2/c1-9(2)11-7-14(21-13-6-4-3-5-10(11)13)16(23)24-15-12(19)8-20-17(18)22-15/h3-9H,1-2H3. The van der Waals surface area contributed by atoms with Crippen LogP contribution in [0.15, 0.2) is 36.5 Å². The highest BCUT2D eigenvalue weighted by molar-refractivity contribution is 6.28. The van der Waals surface area contributed by atoms with Gasteiger partial charge in [0.15, 0.2) is 0 Å². The Morgan fingerprint density at radius 1 is 1.25 bits per heavy atom. The van der Waals surface area contributed by atoms with E-state index in [-0.39, 0.29) is 16.9 Å². The molecular formula is C17H13ClFN3O2. The van der Waals surface area contributed by atoms with Gasteiger partial charge in [-0.1, -0.05) is 32.0 Å². The number of esters is 1. The Hall–Kier alpha value is -2.60. The summed E-state index contributed by atoms with van der Waals surface area (Å²) < 4.78 is 18.6. The fraction of sp³-hybridized carbons (Fsp3) is 0.176. The van der Waals surface area contributed by atoms with Crippen LogP contribution in [0.1, 0.15) is 35.8 Å². The highest BCUT2D eigenvalue weighted by atomic mass is 35.5. The van der Waals surface area contributed by atoms with E-state index >= 15 is 0 Å². The minimum absolute atomic E-state index is 0.0755. The van der Waals surface area contributed by atoms with Crippen molar-refractivity contribution in [1.29, 1.82) is 0 Å². The zero-order valence-corrected chi connectivity index (χ0v) is 13.7. The van der Waals surface area contributed by atoms with Crippen LogP contribution in [0.5, 0.6) is 5.88 Å². The minimum Gasteiger partial charge on any atom is -0.399 e. The third kappa shape index (κ3) is 3.19. The van der Waals surface area contributed by atoms with E-state index in [2.05, 4.69) is 15.0 Å². The second kappa shape index (κ2) is 6.49. The van der Waals surface area contributed by atoms with Gasteiger partial charge in [-0.15, -0.1) is 0 Å². The number of benzene rings is 1. The Kier molecular flexibility index (Phi) is 4.40. The van der Waals surface area contributed by atoms with Crippen LogP contribution < -0.4 is 4.74 Å². The summed E-state index contributed by atoms with van der Waals surface area (Å²) in [6.45, 7) is 4.03. The summed E-state index contributed by atoms with van der Waals surface area (Å²) in [6, 6.07) is 9.14.